The van der Waals surface area contributed by atoms with Gasteiger partial charge in [0.2, 0.25) is 0 Å². The molecule has 3 heteroatoms. The predicted molar refractivity (Wildman–Crippen MR) is 85.1 cm³/mol. The molecule has 2 rings (SSSR count). The third kappa shape index (κ3) is 3.97. The maximum atomic E-state index is 14.2. The first-order valence-corrected chi connectivity index (χ1v) is 8.12. The van der Waals surface area contributed by atoms with Crippen LogP contribution in [-0.4, -0.2) is 13.2 Å². The molecule has 0 spiro atoms. The summed E-state index contributed by atoms with van der Waals surface area (Å²) in [6.45, 7) is 6.64. The van der Waals surface area contributed by atoms with Gasteiger partial charge in [0.25, 0.3) is 0 Å². The number of methoxy groups -OCH3 is 1. The first-order valence-electron chi connectivity index (χ1n) is 8.12. The quantitative estimate of drug-likeness (QED) is 0.849. The van der Waals surface area contributed by atoms with Gasteiger partial charge in [0, 0.05) is 23.7 Å². The minimum Gasteiger partial charge on any atom is -0.497 e. The van der Waals surface area contributed by atoms with Crippen LogP contribution in [0.2, 0.25) is 0 Å². The number of hydrogen-bond acceptors (Lipinski definition) is 2. The summed E-state index contributed by atoms with van der Waals surface area (Å²) in [6.07, 6.45) is 5.09. The summed E-state index contributed by atoms with van der Waals surface area (Å²) >= 11 is 0. The van der Waals surface area contributed by atoms with Crippen LogP contribution in [0, 0.1) is 17.7 Å². The Kier molecular flexibility index (Phi) is 5.63. The van der Waals surface area contributed by atoms with Crippen molar-refractivity contribution in [2.24, 2.45) is 11.8 Å². The van der Waals surface area contributed by atoms with Gasteiger partial charge in [0.1, 0.15) is 11.6 Å². The molecule has 3 unspecified atom stereocenters. The lowest BCUT2D eigenvalue weighted by Crippen LogP contribution is -2.42. The summed E-state index contributed by atoms with van der Waals surface area (Å²) in [5.74, 6) is 1.76. The Morgan fingerprint density at radius 2 is 1.90 bits per heavy atom. The lowest BCUT2D eigenvalue weighted by atomic mass is 9.77. The lowest BCUT2D eigenvalue weighted by molar-refractivity contribution is 0.194. The van der Waals surface area contributed by atoms with Gasteiger partial charge in [0.15, 0.2) is 0 Å². The van der Waals surface area contributed by atoms with E-state index in [4.69, 9.17) is 4.74 Å². The van der Waals surface area contributed by atoms with Crippen LogP contribution in [0.15, 0.2) is 18.2 Å². The van der Waals surface area contributed by atoms with E-state index in [9.17, 15) is 4.39 Å². The van der Waals surface area contributed by atoms with Crippen LogP contribution in [0.25, 0.3) is 0 Å². The average molecular weight is 293 g/mol. The van der Waals surface area contributed by atoms with E-state index in [2.05, 4.69) is 26.1 Å². The number of nitrogens with one attached hydrogen (secondary N) is 1. The van der Waals surface area contributed by atoms with Gasteiger partial charge in [-0.25, -0.2) is 4.39 Å². The van der Waals surface area contributed by atoms with Crippen LogP contribution in [0.1, 0.15) is 58.1 Å². The zero-order valence-corrected chi connectivity index (χ0v) is 13.7. The molecule has 0 heterocycles. The van der Waals surface area contributed by atoms with Gasteiger partial charge in [-0.1, -0.05) is 32.8 Å². The SMILES string of the molecule is COc1ccc(C(C)NC2CCCCC2C(C)C)c(F)c1. The van der Waals surface area contributed by atoms with E-state index in [0.717, 1.165) is 5.56 Å². The van der Waals surface area contributed by atoms with Crippen molar-refractivity contribution in [2.75, 3.05) is 7.11 Å². The molecule has 1 saturated carbocycles. The van der Waals surface area contributed by atoms with E-state index in [-0.39, 0.29) is 11.9 Å². The van der Waals surface area contributed by atoms with Crippen molar-refractivity contribution in [3.63, 3.8) is 0 Å². The maximum absolute atomic E-state index is 14.2. The molecule has 1 fully saturated rings. The molecule has 1 N–H and O–H groups in total. The minimum atomic E-state index is -0.189. The van der Waals surface area contributed by atoms with E-state index in [0.29, 0.717) is 23.6 Å². The van der Waals surface area contributed by atoms with Crippen LogP contribution >= 0.6 is 0 Å². The van der Waals surface area contributed by atoms with Gasteiger partial charge in [0.05, 0.1) is 7.11 Å². The molecule has 2 nitrogen and oxygen atoms in total. The van der Waals surface area contributed by atoms with Crippen LogP contribution < -0.4 is 10.1 Å². The molecule has 118 valence electrons. The highest BCUT2D eigenvalue weighted by Gasteiger charge is 2.28. The molecule has 0 amide bonds. The van der Waals surface area contributed by atoms with E-state index >= 15 is 0 Å². The smallest absolute Gasteiger partial charge is 0.131 e. The molecule has 1 aromatic rings. The maximum Gasteiger partial charge on any atom is 0.131 e. The Morgan fingerprint density at radius 1 is 1.19 bits per heavy atom. The van der Waals surface area contributed by atoms with Crippen molar-refractivity contribution in [2.45, 2.75) is 58.5 Å². The highest BCUT2D eigenvalue weighted by atomic mass is 19.1. The Morgan fingerprint density at radius 3 is 2.52 bits per heavy atom. The lowest BCUT2D eigenvalue weighted by Gasteiger charge is -2.37. The van der Waals surface area contributed by atoms with E-state index < -0.39 is 0 Å². The standard InChI is InChI=1S/C18H28FNO/c1-12(2)15-7-5-6-8-18(15)20-13(3)16-10-9-14(21-4)11-17(16)19/h9-13,15,18,20H,5-8H2,1-4H3. The Hall–Kier alpha value is -1.09. The Labute approximate surface area is 128 Å². The van der Waals surface area contributed by atoms with Crippen LogP contribution in [0.3, 0.4) is 0 Å². The molecular weight excluding hydrogens is 265 g/mol. The molecule has 1 aromatic carbocycles. The Balaban J connectivity index is 2.07. The summed E-state index contributed by atoms with van der Waals surface area (Å²) in [4.78, 5) is 0. The monoisotopic (exact) mass is 293 g/mol. The molecule has 0 saturated heterocycles. The average Bonchev–Trinajstić information content (AvgIpc) is 2.47. The highest BCUT2D eigenvalue weighted by molar-refractivity contribution is 5.30. The second-order valence-corrected chi connectivity index (χ2v) is 6.57. The first kappa shape index (κ1) is 16.3. The topological polar surface area (TPSA) is 21.3 Å². The fraction of sp³-hybridized carbons (Fsp3) is 0.667. The van der Waals surface area contributed by atoms with Gasteiger partial charge in [-0.3, -0.25) is 0 Å². The van der Waals surface area contributed by atoms with Crippen LogP contribution in [0.5, 0.6) is 5.75 Å². The largest absolute Gasteiger partial charge is 0.497 e. The third-order valence-electron chi connectivity index (χ3n) is 4.81. The Bertz CT molecular complexity index is 461. The number of rotatable bonds is 5. The molecule has 1 aliphatic rings. The van der Waals surface area contributed by atoms with Crippen molar-refractivity contribution >= 4 is 0 Å². The zero-order valence-electron chi connectivity index (χ0n) is 13.7. The summed E-state index contributed by atoms with van der Waals surface area (Å²) in [6, 6.07) is 5.65. The van der Waals surface area contributed by atoms with E-state index in [1.807, 2.05) is 12.1 Å². The van der Waals surface area contributed by atoms with Crippen LogP contribution in [0.4, 0.5) is 4.39 Å². The fourth-order valence-corrected chi connectivity index (χ4v) is 3.56. The number of hydrogen-bond donors (Lipinski definition) is 1. The second-order valence-electron chi connectivity index (χ2n) is 6.57. The van der Waals surface area contributed by atoms with Crippen molar-refractivity contribution in [3.05, 3.63) is 29.6 Å². The van der Waals surface area contributed by atoms with Crippen molar-refractivity contribution < 1.29 is 9.13 Å². The zero-order chi connectivity index (χ0) is 15.4. The molecule has 3 atom stereocenters. The van der Waals surface area contributed by atoms with Crippen molar-refractivity contribution in [1.82, 2.24) is 5.32 Å². The normalized spacial score (nSPS) is 24.1. The molecular formula is C18H28FNO. The number of benzene rings is 1. The number of halogens is 1. The third-order valence-corrected chi connectivity index (χ3v) is 4.81. The molecule has 21 heavy (non-hydrogen) atoms. The summed E-state index contributed by atoms with van der Waals surface area (Å²) < 4.78 is 19.2. The van der Waals surface area contributed by atoms with E-state index in [1.165, 1.54) is 31.7 Å². The van der Waals surface area contributed by atoms with Crippen LogP contribution in [-0.2, 0) is 0 Å². The summed E-state index contributed by atoms with van der Waals surface area (Å²) in [5.41, 5.74) is 0.726. The fourth-order valence-electron chi connectivity index (χ4n) is 3.56. The highest BCUT2D eigenvalue weighted by Crippen LogP contribution is 2.32. The van der Waals surface area contributed by atoms with Gasteiger partial charge >= 0.3 is 0 Å². The van der Waals surface area contributed by atoms with Gasteiger partial charge in [-0.05, 0) is 37.7 Å². The van der Waals surface area contributed by atoms with Gasteiger partial charge in [-0.2, -0.15) is 0 Å². The molecule has 0 bridgehead atoms. The van der Waals surface area contributed by atoms with Gasteiger partial charge < -0.3 is 10.1 Å². The second kappa shape index (κ2) is 7.26. The number of ether oxygens (including phenoxy) is 1. The van der Waals surface area contributed by atoms with Crippen molar-refractivity contribution in [3.8, 4) is 5.75 Å². The molecule has 0 aromatic heterocycles. The predicted octanol–water partition coefficient (Wildman–Crippen LogP) is 4.70. The van der Waals surface area contributed by atoms with E-state index in [1.54, 1.807) is 7.11 Å². The summed E-state index contributed by atoms with van der Waals surface area (Å²) in [5, 5.41) is 3.66. The molecule has 1 aliphatic carbocycles. The summed E-state index contributed by atoms with van der Waals surface area (Å²) in [7, 11) is 1.56. The van der Waals surface area contributed by atoms with Gasteiger partial charge in [-0.15, -0.1) is 0 Å². The molecule has 0 radical (unpaired) electrons. The first-order chi connectivity index (χ1) is 10.0. The minimum absolute atomic E-state index is 0.0280. The van der Waals surface area contributed by atoms with Crippen molar-refractivity contribution in [1.29, 1.82) is 0 Å². The molecule has 0 aliphatic heterocycles.